The number of rotatable bonds is 7. The molecule has 0 aliphatic rings. The molecule has 0 fully saturated rings. The van der Waals surface area contributed by atoms with Crippen LogP contribution in [0.2, 0.25) is 0 Å². The van der Waals surface area contributed by atoms with Crippen molar-refractivity contribution in [2.24, 2.45) is 0 Å². The number of hydrogen-bond donors (Lipinski definition) is 2. The molecule has 2 N–H and O–H groups in total. The van der Waals surface area contributed by atoms with Gasteiger partial charge in [0.1, 0.15) is 5.82 Å². The quantitative estimate of drug-likeness (QED) is 0.727. The van der Waals surface area contributed by atoms with Crippen LogP contribution in [0.4, 0.5) is 5.82 Å². The number of sulfonamides is 1. The number of carbonyl (C=O) groups excluding carboxylic acids is 1. The van der Waals surface area contributed by atoms with Gasteiger partial charge in [0.05, 0.1) is 11.1 Å². The fourth-order valence-electron chi connectivity index (χ4n) is 2.05. The number of halogens is 1. The second-order valence-electron chi connectivity index (χ2n) is 5.41. The molecule has 2 rings (SSSR count). The number of hydrogen-bond acceptors (Lipinski definition) is 4. The molecular weight excluding hydrogens is 396 g/mol. The largest absolute Gasteiger partial charge is 0.311 e. The van der Waals surface area contributed by atoms with Gasteiger partial charge in [0.15, 0.2) is 0 Å². The lowest BCUT2D eigenvalue weighted by atomic mass is 10.4. The van der Waals surface area contributed by atoms with Gasteiger partial charge in [0.25, 0.3) is 0 Å². The molecule has 0 aliphatic carbocycles. The maximum absolute atomic E-state index is 12.1. The van der Waals surface area contributed by atoms with Crippen LogP contribution in [0.3, 0.4) is 0 Å². The van der Waals surface area contributed by atoms with E-state index < -0.39 is 10.0 Å². The molecule has 0 spiro atoms. The molecule has 1 aromatic carbocycles. The van der Waals surface area contributed by atoms with Crippen molar-refractivity contribution in [2.45, 2.75) is 31.2 Å². The van der Waals surface area contributed by atoms with Crippen molar-refractivity contribution in [3.8, 4) is 0 Å². The van der Waals surface area contributed by atoms with Crippen molar-refractivity contribution < 1.29 is 13.2 Å². The first kappa shape index (κ1) is 18.6. The molecular formula is C15H19BrN4O3S. The molecule has 1 amide bonds. The summed E-state index contributed by atoms with van der Waals surface area (Å²) < 4.78 is 29.1. The van der Waals surface area contributed by atoms with Crippen LogP contribution in [0.5, 0.6) is 0 Å². The lowest BCUT2D eigenvalue weighted by molar-refractivity contribution is -0.116. The van der Waals surface area contributed by atoms with Gasteiger partial charge < -0.3 is 5.32 Å². The predicted octanol–water partition coefficient (Wildman–Crippen LogP) is 2.53. The van der Waals surface area contributed by atoms with E-state index in [1.165, 1.54) is 12.1 Å². The number of nitrogens with one attached hydrogen (secondary N) is 2. The van der Waals surface area contributed by atoms with Crippen molar-refractivity contribution in [3.63, 3.8) is 0 Å². The van der Waals surface area contributed by atoms with Gasteiger partial charge in [-0.1, -0.05) is 22.0 Å². The Kier molecular flexibility index (Phi) is 6.14. The molecule has 0 aliphatic heterocycles. The lowest BCUT2D eigenvalue weighted by Crippen LogP contribution is -2.28. The number of amides is 1. The summed E-state index contributed by atoms with van der Waals surface area (Å²) >= 11 is 3.23. The molecule has 0 radical (unpaired) electrons. The number of nitrogens with zero attached hydrogens (tertiary/aromatic N) is 2. The Hall–Kier alpha value is -1.71. The Balaban J connectivity index is 1.89. The van der Waals surface area contributed by atoms with Gasteiger partial charge in [-0.25, -0.2) is 17.8 Å². The molecule has 2 aromatic rings. The van der Waals surface area contributed by atoms with E-state index in [0.717, 1.165) is 0 Å². The minimum absolute atomic E-state index is 0.0104. The van der Waals surface area contributed by atoms with Crippen molar-refractivity contribution >= 4 is 37.7 Å². The topological polar surface area (TPSA) is 93.1 Å². The highest BCUT2D eigenvalue weighted by molar-refractivity contribution is 9.10. The Labute approximate surface area is 149 Å². The molecule has 1 heterocycles. The molecule has 0 unspecified atom stereocenters. The normalized spacial score (nSPS) is 11.7. The average Bonchev–Trinajstić information content (AvgIpc) is 2.95. The van der Waals surface area contributed by atoms with Crippen LogP contribution in [-0.4, -0.2) is 30.7 Å². The van der Waals surface area contributed by atoms with Crippen LogP contribution < -0.4 is 10.0 Å². The highest BCUT2D eigenvalue weighted by atomic mass is 79.9. The van der Waals surface area contributed by atoms with Crippen LogP contribution in [0, 0.1) is 0 Å². The fourth-order valence-corrected chi connectivity index (χ4v) is 3.67. The first-order valence-corrected chi connectivity index (χ1v) is 9.66. The van der Waals surface area contributed by atoms with E-state index in [1.54, 1.807) is 29.1 Å². The summed E-state index contributed by atoms with van der Waals surface area (Å²) in [6.45, 7) is 3.92. The van der Waals surface area contributed by atoms with E-state index in [0.29, 0.717) is 10.3 Å². The Morgan fingerprint density at radius 1 is 1.33 bits per heavy atom. The molecule has 0 saturated carbocycles. The van der Waals surface area contributed by atoms with Crippen molar-refractivity contribution in [1.29, 1.82) is 0 Å². The summed E-state index contributed by atoms with van der Waals surface area (Å²) in [5.74, 6) is 0.305. The molecule has 130 valence electrons. The van der Waals surface area contributed by atoms with Crippen molar-refractivity contribution in [2.75, 3.05) is 11.9 Å². The molecule has 0 saturated heterocycles. The van der Waals surface area contributed by atoms with E-state index in [1.807, 2.05) is 13.8 Å². The summed E-state index contributed by atoms with van der Waals surface area (Å²) in [6.07, 6.45) is 1.63. The number of anilines is 1. The minimum atomic E-state index is -3.64. The highest BCUT2D eigenvalue weighted by Gasteiger charge is 2.15. The van der Waals surface area contributed by atoms with Gasteiger partial charge in [-0.15, -0.1) is 0 Å². The average molecular weight is 415 g/mol. The Bertz CT molecular complexity index is 818. The smallest absolute Gasteiger partial charge is 0.240 e. The van der Waals surface area contributed by atoms with Crippen LogP contribution >= 0.6 is 15.9 Å². The van der Waals surface area contributed by atoms with Crippen LogP contribution in [0.15, 0.2) is 45.9 Å². The Morgan fingerprint density at radius 3 is 2.75 bits per heavy atom. The van der Waals surface area contributed by atoms with E-state index in [-0.39, 0.29) is 29.8 Å². The van der Waals surface area contributed by atoms with Gasteiger partial charge in [-0.3, -0.25) is 4.79 Å². The second kappa shape index (κ2) is 7.91. The Morgan fingerprint density at radius 2 is 2.08 bits per heavy atom. The van der Waals surface area contributed by atoms with E-state index in [2.05, 4.69) is 31.1 Å². The zero-order valence-electron chi connectivity index (χ0n) is 13.4. The molecule has 1 aromatic heterocycles. The predicted molar refractivity (Wildman–Crippen MR) is 95.2 cm³/mol. The maximum Gasteiger partial charge on any atom is 0.240 e. The standard InChI is InChI=1S/C15H19BrN4O3S/c1-11(2)20-14(6-8-17-20)19-15(21)7-9-18-24(22,23)13-5-3-4-12(16)10-13/h3-6,8,10-11,18H,7,9H2,1-2H3,(H,19,21). The highest BCUT2D eigenvalue weighted by Crippen LogP contribution is 2.16. The molecule has 9 heteroatoms. The summed E-state index contributed by atoms with van der Waals surface area (Å²) in [5, 5.41) is 6.85. The van der Waals surface area contributed by atoms with Crippen molar-refractivity contribution in [3.05, 3.63) is 41.0 Å². The molecule has 7 nitrogen and oxygen atoms in total. The first-order chi connectivity index (χ1) is 11.3. The van der Waals surface area contributed by atoms with E-state index >= 15 is 0 Å². The second-order valence-corrected chi connectivity index (χ2v) is 8.09. The van der Waals surface area contributed by atoms with Crippen molar-refractivity contribution in [1.82, 2.24) is 14.5 Å². The summed E-state index contributed by atoms with van der Waals surface area (Å²) in [5.41, 5.74) is 0. The van der Waals surface area contributed by atoms with Gasteiger partial charge in [-0.05, 0) is 32.0 Å². The first-order valence-electron chi connectivity index (χ1n) is 7.38. The number of benzene rings is 1. The van der Waals surface area contributed by atoms with Gasteiger partial charge in [0, 0.05) is 29.5 Å². The van der Waals surface area contributed by atoms with Gasteiger partial charge in [-0.2, -0.15) is 5.10 Å². The van der Waals surface area contributed by atoms with E-state index in [9.17, 15) is 13.2 Å². The molecule has 24 heavy (non-hydrogen) atoms. The third-order valence-corrected chi connectivity index (χ3v) is 5.13. The lowest BCUT2D eigenvalue weighted by Gasteiger charge is -2.12. The minimum Gasteiger partial charge on any atom is -0.311 e. The number of carbonyl (C=O) groups is 1. The van der Waals surface area contributed by atoms with Gasteiger partial charge in [0.2, 0.25) is 15.9 Å². The summed E-state index contributed by atoms with van der Waals surface area (Å²) in [4.78, 5) is 12.1. The van der Waals surface area contributed by atoms with E-state index in [4.69, 9.17) is 0 Å². The van der Waals surface area contributed by atoms with Crippen LogP contribution in [0.25, 0.3) is 0 Å². The van der Waals surface area contributed by atoms with Gasteiger partial charge >= 0.3 is 0 Å². The zero-order chi connectivity index (χ0) is 17.7. The SMILES string of the molecule is CC(C)n1nccc1NC(=O)CCNS(=O)(=O)c1cccc(Br)c1. The fraction of sp³-hybridized carbons (Fsp3) is 0.333. The molecule has 0 atom stereocenters. The maximum atomic E-state index is 12.1. The van der Waals surface area contributed by atoms with Crippen LogP contribution in [-0.2, 0) is 14.8 Å². The zero-order valence-corrected chi connectivity index (χ0v) is 15.8. The summed E-state index contributed by atoms with van der Waals surface area (Å²) in [6, 6.07) is 8.19. The third kappa shape index (κ3) is 4.89. The third-order valence-electron chi connectivity index (χ3n) is 3.18. The number of aromatic nitrogens is 2. The molecule has 0 bridgehead atoms. The summed E-state index contributed by atoms with van der Waals surface area (Å²) in [7, 11) is -3.64. The van der Waals surface area contributed by atoms with Crippen LogP contribution in [0.1, 0.15) is 26.3 Å². The monoisotopic (exact) mass is 414 g/mol.